The number of carbonyl (C=O) groups is 1. The van der Waals surface area contributed by atoms with E-state index in [0.717, 1.165) is 52.6 Å². The molecule has 156 valence electrons. The molecule has 2 fully saturated rings. The predicted molar refractivity (Wildman–Crippen MR) is 109 cm³/mol. The van der Waals surface area contributed by atoms with Gasteiger partial charge in [-0.25, -0.2) is 4.98 Å². The number of aliphatic hydroxyl groups is 1. The zero-order chi connectivity index (χ0) is 20.3. The summed E-state index contributed by atoms with van der Waals surface area (Å²) in [5.41, 5.74) is 0.493. The van der Waals surface area contributed by atoms with Gasteiger partial charge in [-0.15, -0.1) is 11.3 Å². The van der Waals surface area contributed by atoms with Gasteiger partial charge in [-0.05, 0) is 33.6 Å². The number of likely N-dealkylation sites (tertiary alicyclic amines) is 1. The van der Waals surface area contributed by atoms with Crippen LogP contribution in [0.1, 0.15) is 38.6 Å². The van der Waals surface area contributed by atoms with Gasteiger partial charge < -0.3 is 24.4 Å². The third kappa shape index (κ3) is 4.85. The van der Waals surface area contributed by atoms with Crippen LogP contribution in [0, 0.1) is 0 Å². The molecular formula is C20H31N3O4S. The second kappa shape index (κ2) is 8.80. The van der Waals surface area contributed by atoms with Crippen molar-refractivity contribution in [2.75, 3.05) is 46.5 Å². The fourth-order valence-electron chi connectivity index (χ4n) is 3.54. The molecule has 0 radical (unpaired) electrons. The largest absolute Gasteiger partial charge is 0.499 e. The van der Waals surface area contributed by atoms with E-state index < -0.39 is 5.60 Å². The topological polar surface area (TPSA) is 75.1 Å². The van der Waals surface area contributed by atoms with Gasteiger partial charge in [0.15, 0.2) is 0 Å². The van der Waals surface area contributed by atoms with E-state index >= 15 is 0 Å². The second-order valence-electron chi connectivity index (χ2n) is 7.78. The lowest BCUT2D eigenvalue weighted by Gasteiger charge is -2.35. The summed E-state index contributed by atoms with van der Waals surface area (Å²) in [6.45, 7) is 10.2. The Morgan fingerprint density at radius 3 is 2.46 bits per heavy atom. The van der Waals surface area contributed by atoms with Crippen molar-refractivity contribution in [3.63, 3.8) is 0 Å². The maximum atomic E-state index is 12.7. The summed E-state index contributed by atoms with van der Waals surface area (Å²) in [5, 5.41) is 11.7. The average molecular weight is 410 g/mol. The van der Waals surface area contributed by atoms with Crippen LogP contribution < -0.4 is 9.88 Å². The third-order valence-corrected chi connectivity index (χ3v) is 6.79. The fraction of sp³-hybridized carbons (Fsp3) is 0.700. The molecule has 1 amide bonds. The summed E-state index contributed by atoms with van der Waals surface area (Å²) in [7, 11) is 1.65. The molecule has 1 aromatic heterocycles. The molecule has 2 aliphatic rings. The zero-order valence-corrected chi connectivity index (χ0v) is 18.1. The number of amides is 1. The molecular weight excluding hydrogens is 378 g/mol. The lowest BCUT2D eigenvalue weighted by atomic mass is 9.94. The molecule has 0 bridgehead atoms. The van der Waals surface area contributed by atoms with E-state index in [9.17, 15) is 9.90 Å². The van der Waals surface area contributed by atoms with Crippen molar-refractivity contribution in [1.29, 1.82) is 0 Å². The van der Waals surface area contributed by atoms with Crippen molar-refractivity contribution in [2.24, 2.45) is 0 Å². The van der Waals surface area contributed by atoms with Crippen LogP contribution in [0.2, 0.25) is 0 Å². The molecule has 0 unspecified atom stereocenters. The van der Waals surface area contributed by atoms with Gasteiger partial charge in [0.2, 0.25) is 5.91 Å². The number of carbonyl (C=O) groups excluding carboxylic acids is 1. The summed E-state index contributed by atoms with van der Waals surface area (Å²) in [6.07, 6.45) is 1.52. The molecule has 0 aliphatic carbocycles. The van der Waals surface area contributed by atoms with Crippen LogP contribution in [-0.2, 0) is 20.7 Å². The van der Waals surface area contributed by atoms with Crippen molar-refractivity contribution >= 4 is 28.7 Å². The lowest BCUT2D eigenvalue weighted by Crippen LogP contribution is -2.45. The highest BCUT2D eigenvalue weighted by molar-refractivity contribution is 7.09. The van der Waals surface area contributed by atoms with Gasteiger partial charge in [0.05, 0.1) is 36.9 Å². The molecule has 2 saturated heterocycles. The highest BCUT2D eigenvalue weighted by Crippen LogP contribution is 2.21. The van der Waals surface area contributed by atoms with E-state index in [4.69, 9.17) is 14.5 Å². The first-order chi connectivity index (χ1) is 13.3. The summed E-state index contributed by atoms with van der Waals surface area (Å²) in [6, 6.07) is 0. The quantitative estimate of drug-likeness (QED) is 0.771. The minimum absolute atomic E-state index is 0.0708. The maximum Gasteiger partial charge on any atom is 0.229 e. The summed E-state index contributed by atoms with van der Waals surface area (Å²) in [4.78, 5) is 21.6. The predicted octanol–water partition coefficient (Wildman–Crippen LogP) is 0.294. The first-order valence-electron chi connectivity index (χ1n) is 9.85. The van der Waals surface area contributed by atoms with Crippen LogP contribution in [0.5, 0.6) is 0 Å². The maximum absolute atomic E-state index is 12.7. The highest BCUT2D eigenvalue weighted by atomic mass is 32.1. The van der Waals surface area contributed by atoms with Crippen LogP contribution >= 0.6 is 11.3 Å². The Morgan fingerprint density at radius 2 is 1.86 bits per heavy atom. The number of rotatable bonds is 4. The standard InChI is InChI=1S/C20H31N3O4S/c1-14(22-9-11-27-12-10-22)19-18(15(2)26-4)21-16(28-19)13-17(24)23-7-5-20(3,25)6-8-23/h25H,5-13H2,1-4H3/b18-15-,19-14-. The molecule has 1 N–H and O–H groups in total. The number of morpholine rings is 1. The molecule has 1 aromatic rings. The van der Waals surface area contributed by atoms with Crippen LogP contribution in [0.15, 0.2) is 0 Å². The van der Waals surface area contributed by atoms with E-state index in [-0.39, 0.29) is 12.3 Å². The number of aromatic nitrogens is 1. The lowest BCUT2D eigenvalue weighted by molar-refractivity contribution is -0.134. The van der Waals surface area contributed by atoms with Gasteiger partial charge in [-0.1, -0.05) is 0 Å². The highest BCUT2D eigenvalue weighted by Gasteiger charge is 2.29. The monoisotopic (exact) mass is 409 g/mol. The number of thiazole rings is 1. The molecule has 0 aromatic carbocycles. The van der Waals surface area contributed by atoms with E-state index in [1.807, 2.05) is 18.7 Å². The molecule has 3 rings (SSSR count). The Balaban J connectivity index is 1.85. The molecule has 0 atom stereocenters. The average Bonchev–Trinajstić information content (AvgIpc) is 3.11. The fourth-order valence-corrected chi connectivity index (χ4v) is 4.67. The first-order valence-corrected chi connectivity index (χ1v) is 10.7. The zero-order valence-electron chi connectivity index (χ0n) is 17.3. The Hall–Kier alpha value is -1.64. The molecule has 3 heterocycles. The van der Waals surface area contributed by atoms with Crippen molar-refractivity contribution < 1.29 is 19.4 Å². The van der Waals surface area contributed by atoms with Crippen LogP contribution in [0.25, 0.3) is 11.5 Å². The molecule has 28 heavy (non-hydrogen) atoms. The van der Waals surface area contributed by atoms with Crippen molar-refractivity contribution in [2.45, 2.75) is 45.6 Å². The van der Waals surface area contributed by atoms with Gasteiger partial charge >= 0.3 is 0 Å². The van der Waals surface area contributed by atoms with Crippen LogP contribution in [0.4, 0.5) is 0 Å². The number of methoxy groups -OCH3 is 1. The van der Waals surface area contributed by atoms with Crippen molar-refractivity contribution in [3.8, 4) is 0 Å². The molecule has 0 spiro atoms. The SMILES string of the molecule is CO/C(C)=c1\nc(CC(=O)N2CCC(C)(O)CC2)s\c1=C(\C)N1CCOCC1. The summed E-state index contributed by atoms with van der Waals surface area (Å²) < 4.78 is 12.0. The number of nitrogens with zero attached hydrogens (tertiary/aromatic N) is 3. The van der Waals surface area contributed by atoms with Gasteiger partial charge in [0.25, 0.3) is 0 Å². The Kier molecular flexibility index (Phi) is 6.62. The second-order valence-corrected chi connectivity index (χ2v) is 8.87. The Labute approximate surface area is 170 Å². The van der Waals surface area contributed by atoms with E-state index in [2.05, 4.69) is 11.8 Å². The summed E-state index contributed by atoms with van der Waals surface area (Å²) in [5.74, 6) is 0.827. The molecule has 2 aliphatic heterocycles. The molecule has 8 heteroatoms. The number of hydrogen-bond acceptors (Lipinski definition) is 7. The first kappa shape index (κ1) is 21.1. The van der Waals surface area contributed by atoms with Crippen LogP contribution in [-0.4, -0.2) is 77.9 Å². The van der Waals surface area contributed by atoms with Gasteiger partial charge in [0.1, 0.15) is 16.1 Å². The molecule has 7 nitrogen and oxygen atoms in total. The van der Waals surface area contributed by atoms with E-state index in [1.54, 1.807) is 18.4 Å². The number of ether oxygens (including phenoxy) is 2. The Bertz CT molecular complexity index is 817. The van der Waals surface area contributed by atoms with E-state index in [0.29, 0.717) is 25.9 Å². The normalized spacial score (nSPS) is 22.0. The third-order valence-electron chi connectivity index (χ3n) is 5.62. The number of hydrogen-bond donors (Lipinski definition) is 1. The Morgan fingerprint density at radius 1 is 1.21 bits per heavy atom. The minimum atomic E-state index is -0.660. The number of piperidine rings is 1. The summed E-state index contributed by atoms with van der Waals surface area (Å²) >= 11 is 1.57. The van der Waals surface area contributed by atoms with E-state index in [1.165, 1.54) is 0 Å². The smallest absolute Gasteiger partial charge is 0.229 e. The minimum Gasteiger partial charge on any atom is -0.499 e. The van der Waals surface area contributed by atoms with Gasteiger partial charge in [-0.2, -0.15) is 0 Å². The van der Waals surface area contributed by atoms with Crippen molar-refractivity contribution in [1.82, 2.24) is 14.8 Å². The molecule has 0 saturated carbocycles. The van der Waals surface area contributed by atoms with Crippen LogP contribution in [0.3, 0.4) is 0 Å². The van der Waals surface area contributed by atoms with Gasteiger partial charge in [0, 0.05) is 31.9 Å². The van der Waals surface area contributed by atoms with Crippen molar-refractivity contribution in [3.05, 3.63) is 14.9 Å². The van der Waals surface area contributed by atoms with Gasteiger partial charge in [-0.3, -0.25) is 4.79 Å².